The molecule has 0 atom stereocenters. The third-order valence-corrected chi connectivity index (χ3v) is 2.85. The monoisotopic (exact) mass is 257 g/mol. The Labute approximate surface area is 105 Å². The number of halogens is 1. The Hall–Kier alpha value is -1.14. The van der Waals surface area contributed by atoms with Crippen molar-refractivity contribution in [3.05, 3.63) is 5.28 Å². The second kappa shape index (κ2) is 5.97. The lowest BCUT2D eigenvalue weighted by molar-refractivity contribution is 0.352. The first-order valence-electron chi connectivity index (χ1n) is 5.70. The summed E-state index contributed by atoms with van der Waals surface area (Å²) in [5.74, 6) is 0.459. The van der Waals surface area contributed by atoms with E-state index in [1.165, 1.54) is 33.0 Å². The van der Waals surface area contributed by atoms with E-state index in [0.717, 1.165) is 13.1 Å². The normalized spacial score (nSPS) is 16.1. The van der Waals surface area contributed by atoms with Crippen molar-refractivity contribution in [2.45, 2.75) is 12.8 Å². The summed E-state index contributed by atoms with van der Waals surface area (Å²) in [7, 11) is 1.50. The second-order valence-electron chi connectivity index (χ2n) is 3.89. The van der Waals surface area contributed by atoms with Crippen LogP contribution in [0.25, 0.3) is 0 Å². The maximum absolute atomic E-state index is 5.74. The van der Waals surface area contributed by atoms with E-state index in [9.17, 15) is 0 Å². The van der Waals surface area contributed by atoms with Crippen LogP contribution in [0.5, 0.6) is 6.01 Å². The molecule has 1 aliphatic heterocycles. The number of aromatic nitrogens is 3. The summed E-state index contributed by atoms with van der Waals surface area (Å²) < 4.78 is 4.92. The van der Waals surface area contributed by atoms with Gasteiger partial charge in [0.1, 0.15) is 0 Å². The number of methoxy groups -OCH3 is 1. The maximum atomic E-state index is 5.74. The molecule has 6 nitrogen and oxygen atoms in total. The van der Waals surface area contributed by atoms with Crippen molar-refractivity contribution in [1.82, 2.24) is 19.9 Å². The number of likely N-dealkylation sites (tertiary alicyclic amines) is 1. The number of hydrogen-bond acceptors (Lipinski definition) is 6. The highest BCUT2D eigenvalue weighted by Crippen LogP contribution is 2.11. The van der Waals surface area contributed by atoms with Crippen LogP contribution in [0.3, 0.4) is 0 Å². The number of nitrogens with one attached hydrogen (secondary N) is 1. The van der Waals surface area contributed by atoms with Gasteiger partial charge in [-0.25, -0.2) is 0 Å². The molecule has 1 saturated heterocycles. The Morgan fingerprint density at radius 3 is 2.76 bits per heavy atom. The van der Waals surface area contributed by atoms with Gasteiger partial charge >= 0.3 is 6.01 Å². The van der Waals surface area contributed by atoms with Crippen LogP contribution in [0.4, 0.5) is 5.95 Å². The highest BCUT2D eigenvalue weighted by molar-refractivity contribution is 6.28. The fraction of sp³-hybridized carbons (Fsp3) is 0.700. The molecule has 1 aromatic heterocycles. The molecule has 0 amide bonds. The molecule has 17 heavy (non-hydrogen) atoms. The topological polar surface area (TPSA) is 63.2 Å². The molecule has 0 radical (unpaired) electrons. The molecule has 0 aliphatic carbocycles. The molecule has 1 aliphatic rings. The average Bonchev–Trinajstić information content (AvgIpc) is 2.81. The highest BCUT2D eigenvalue weighted by Gasteiger charge is 2.11. The third-order valence-electron chi connectivity index (χ3n) is 2.68. The van der Waals surface area contributed by atoms with Gasteiger partial charge in [0.2, 0.25) is 11.2 Å². The first-order chi connectivity index (χ1) is 8.28. The van der Waals surface area contributed by atoms with E-state index in [1.54, 1.807) is 0 Å². The molecule has 2 rings (SSSR count). The van der Waals surface area contributed by atoms with Crippen LogP contribution in [-0.4, -0.2) is 53.1 Å². The van der Waals surface area contributed by atoms with Gasteiger partial charge in [-0.3, -0.25) is 0 Å². The summed E-state index contributed by atoms with van der Waals surface area (Å²) in [6.45, 7) is 4.15. The Morgan fingerprint density at radius 2 is 2.06 bits per heavy atom. The van der Waals surface area contributed by atoms with E-state index >= 15 is 0 Å². The fourth-order valence-corrected chi connectivity index (χ4v) is 1.99. The van der Waals surface area contributed by atoms with Crippen LogP contribution in [-0.2, 0) is 0 Å². The summed E-state index contributed by atoms with van der Waals surface area (Å²) in [6.07, 6.45) is 2.59. The van der Waals surface area contributed by atoms with Gasteiger partial charge in [0.15, 0.2) is 0 Å². The minimum absolute atomic E-state index is 0.139. The number of hydrogen-bond donors (Lipinski definition) is 1. The van der Waals surface area contributed by atoms with Gasteiger partial charge in [0.05, 0.1) is 7.11 Å². The molecule has 0 aromatic carbocycles. The number of ether oxygens (including phenoxy) is 1. The van der Waals surface area contributed by atoms with E-state index in [2.05, 4.69) is 25.2 Å². The Kier molecular flexibility index (Phi) is 4.33. The lowest BCUT2D eigenvalue weighted by Gasteiger charge is -2.14. The van der Waals surface area contributed by atoms with Gasteiger partial charge in [0, 0.05) is 13.1 Å². The Balaban J connectivity index is 1.83. The van der Waals surface area contributed by atoms with Crippen molar-refractivity contribution in [2.24, 2.45) is 0 Å². The third kappa shape index (κ3) is 3.67. The molecule has 7 heteroatoms. The smallest absolute Gasteiger partial charge is 0.322 e. The van der Waals surface area contributed by atoms with Gasteiger partial charge in [-0.05, 0) is 37.5 Å². The van der Waals surface area contributed by atoms with Gasteiger partial charge in [-0.2, -0.15) is 15.0 Å². The fourth-order valence-electron chi connectivity index (χ4n) is 1.83. The summed E-state index contributed by atoms with van der Waals surface area (Å²) in [6, 6.07) is 0.230. The van der Waals surface area contributed by atoms with E-state index in [4.69, 9.17) is 16.3 Å². The van der Waals surface area contributed by atoms with Crippen LogP contribution in [0.15, 0.2) is 0 Å². The summed E-state index contributed by atoms with van der Waals surface area (Å²) in [5.41, 5.74) is 0. The van der Waals surface area contributed by atoms with Gasteiger partial charge < -0.3 is 15.0 Å². The zero-order chi connectivity index (χ0) is 12.1. The van der Waals surface area contributed by atoms with Crippen molar-refractivity contribution in [1.29, 1.82) is 0 Å². The van der Waals surface area contributed by atoms with Gasteiger partial charge in [-0.1, -0.05) is 0 Å². The van der Waals surface area contributed by atoms with Gasteiger partial charge in [-0.15, -0.1) is 0 Å². The molecule has 0 bridgehead atoms. The second-order valence-corrected chi connectivity index (χ2v) is 4.23. The van der Waals surface area contributed by atoms with Gasteiger partial charge in [0.25, 0.3) is 0 Å². The van der Waals surface area contributed by atoms with Crippen LogP contribution >= 0.6 is 11.6 Å². The Bertz CT molecular complexity index is 370. The zero-order valence-electron chi connectivity index (χ0n) is 9.82. The first kappa shape index (κ1) is 12.3. The standard InChI is InChI=1S/C10H16ClN5O/c1-17-10-14-8(11)13-9(15-10)12-4-7-16-5-2-3-6-16/h2-7H2,1H3,(H,12,13,14,15). The highest BCUT2D eigenvalue weighted by atomic mass is 35.5. The molecule has 0 unspecified atom stereocenters. The summed E-state index contributed by atoms with van der Waals surface area (Å²) in [4.78, 5) is 14.3. The van der Waals surface area contributed by atoms with Crippen molar-refractivity contribution in [2.75, 3.05) is 38.6 Å². The molecule has 1 fully saturated rings. The summed E-state index contributed by atoms with van der Waals surface area (Å²) in [5, 5.41) is 3.26. The largest absolute Gasteiger partial charge is 0.467 e. The van der Waals surface area contributed by atoms with E-state index in [-0.39, 0.29) is 11.3 Å². The van der Waals surface area contributed by atoms with Crippen LogP contribution < -0.4 is 10.1 Å². The molecule has 0 spiro atoms. The van der Waals surface area contributed by atoms with Crippen LogP contribution in [0.1, 0.15) is 12.8 Å². The quantitative estimate of drug-likeness (QED) is 0.851. The van der Waals surface area contributed by atoms with Crippen molar-refractivity contribution in [3.8, 4) is 6.01 Å². The molecule has 0 saturated carbocycles. The van der Waals surface area contributed by atoms with E-state index in [0.29, 0.717) is 5.95 Å². The van der Waals surface area contributed by atoms with Crippen molar-refractivity contribution < 1.29 is 4.74 Å². The predicted molar refractivity (Wildman–Crippen MR) is 65.6 cm³/mol. The molecular formula is C10H16ClN5O. The number of anilines is 1. The van der Waals surface area contributed by atoms with E-state index < -0.39 is 0 Å². The number of nitrogens with zero attached hydrogens (tertiary/aromatic N) is 4. The lowest BCUT2D eigenvalue weighted by Crippen LogP contribution is -2.26. The zero-order valence-corrected chi connectivity index (χ0v) is 10.6. The minimum Gasteiger partial charge on any atom is -0.467 e. The Morgan fingerprint density at radius 1 is 1.29 bits per heavy atom. The molecule has 1 aromatic rings. The minimum atomic E-state index is 0.139. The molecular weight excluding hydrogens is 242 g/mol. The van der Waals surface area contributed by atoms with Crippen molar-refractivity contribution >= 4 is 17.5 Å². The molecule has 94 valence electrons. The van der Waals surface area contributed by atoms with E-state index in [1.807, 2.05) is 0 Å². The predicted octanol–water partition coefficient (Wildman–Crippen LogP) is 1.04. The maximum Gasteiger partial charge on any atom is 0.322 e. The first-order valence-corrected chi connectivity index (χ1v) is 6.07. The SMILES string of the molecule is COc1nc(Cl)nc(NCCN2CCCC2)n1. The lowest BCUT2D eigenvalue weighted by atomic mass is 10.4. The molecule has 2 heterocycles. The average molecular weight is 258 g/mol. The van der Waals surface area contributed by atoms with Crippen molar-refractivity contribution in [3.63, 3.8) is 0 Å². The molecule has 1 N–H and O–H groups in total. The van der Waals surface area contributed by atoms with Crippen LogP contribution in [0, 0.1) is 0 Å². The summed E-state index contributed by atoms with van der Waals surface area (Å²) >= 11 is 5.74. The number of rotatable bonds is 5. The van der Waals surface area contributed by atoms with Crippen LogP contribution in [0.2, 0.25) is 5.28 Å².